The van der Waals surface area contributed by atoms with Crippen LogP contribution in [0.1, 0.15) is 10.5 Å². The summed E-state index contributed by atoms with van der Waals surface area (Å²) < 4.78 is 5.02. The summed E-state index contributed by atoms with van der Waals surface area (Å²) >= 11 is 0. The summed E-state index contributed by atoms with van der Waals surface area (Å²) in [5.74, 6) is 6.07. The van der Waals surface area contributed by atoms with E-state index in [0.717, 1.165) is 5.01 Å². The smallest absolute Gasteiger partial charge is 0.290 e. The zero-order valence-corrected chi connectivity index (χ0v) is 9.25. The summed E-state index contributed by atoms with van der Waals surface area (Å²) in [7, 11) is 1.57. The molecule has 1 aromatic heterocycles. The molecular weight excluding hydrogens is 220 g/mol. The Morgan fingerprint density at radius 1 is 1.35 bits per heavy atom. The molecule has 0 aliphatic rings. The van der Waals surface area contributed by atoms with Gasteiger partial charge in [-0.1, -0.05) is 0 Å². The monoisotopic (exact) mass is 232 g/mol. The molecule has 0 radical (unpaired) electrons. The van der Waals surface area contributed by atoms with Crippen LogP contribution in [0.5, 0.6) is 5.75 Å². The van der Waals surface area contributed by atoms with Gasteiger partial charge < -0.3 is 4.74 Å². The van der Waals surface area contributed by atoms with Gasteiger partial charge in [-0.05, 0) is 30.3 Å². The molecule has 0 atom stereocenters. The fraction of sp³-hybridized carbons (Fsp3) is 0.0909. The van der Waals surface area contributed by atoms with Crippen LogP contribution < -0.4 is 15.6 Å². The normalized spacial score (nSPS) is 10.0. The number of aromatic nitrogens is 2. The van der Waals surface area contributed by atoms with Gasteiger partial charge in [0, 0.05) is 6.20 Å². The van der Waals surface area contributed by atoms with E-state index in [0.29, 0.717) is 17.1 Å². The molecule has 6 heteroatoms. The van der Waals surface area contributed by atoms with E-state index in [4.69, 9.17) is 10.6 Å². The van der Waals surface area contributed by atoms with Crippen molar-refractivity contribution in [3.05, 3.63) is 42.2 Å². The number of hydrazine groups is 1. The molecule has 1 amide bonds. The molecule has 0 saturated carbocycles. The highest BCUT2D eigenvalue weighted by molar-refractivity contribution is 6.03. The maximum Gasteiger partial charge on any atom is 0.290 e. The van der Waals surface area contributed by atoms with Gasteiger partial charge in [-0.2, -0.15) is 5.10 Å². The van der Waals surface area contributed by atoms with Crippen molar-refractivity contribution in [1.29, 1.82) is 0 Å². The fourth-order valence-corrected chi connectivity index (χ4v) is 1.36. The van der Waals surface area contributed by atoms with Gasteiger partial charge in [-0.25, -0.2) is 10.9 Å². The van der Waals surface area contributed by atoms with E-state index in [1.54, 1.807) is 37.4 Å². The number of nitrogens with one attached hydrogen (secondary N) is 1. The van der Waals surface area contributed by atoms with Gasteiger partial charge in [0.15, 0.2) is 0 Å². The summed E-state index contributed by atoms with van der Waals surface area (Å²) in [5.41, 5.74) is 0.911. The van der Waals surface area contributed by atoms with Gasteiger partial charge in [-0.3, -0.25) is 9.89 Å². The number of hydrogen-bond donors (Lipinski definition) is 2. The number of methoxy groups -OCH3 is 1. The molecule has 0 spiro atoms. The van der Waals surface area contributed by atoms with E-state index in [1.807, 2.05) is 0 Å². The number of carbonyl (C=O) groups is 1. The van der Waals surface area contributed by atoms with Crippen molar-refractivity contribution >= 4 is 11.6 Å². The Hall–Kier alpha value is -2.34. The number of aromatic amines is 1. The zero-order chi connectivity index (χ0) is 12.3. The largest absolute Gasteiger partial charge is 0.497 e. The van der Waals surface area contributed by atoms with Crippen LogP contribution in [0.2, 0.25) is 0 Å². The van der Waals surface area contributed by atoms with Gasteiger partial charge in [0.2, 0.25) is 0 Å². The lowest BCUT2D eigenvalue weighted by molar-refractivity contribution is 0.0982. The Balaban J connectivity index is 2.19. The van der Waals surface area contributed by atoms with Crippen molar-refractivity contribution in [2.24, 2.45) is 5.84 Å². The highest BCUT2D eigenvalue weighted by Gasteiger charge is 2.15. The molecule has 0 bridgehead atoms. The first-order valence-corrected chi connectivity index (χ1v) is 4.95. The van der Waals surface area contributed by atoms with Crippen LogP contribution in [-0.2, 0) is 0 Å². The molecule has 0 fully saturated rings. The predicted molar refractivity (Wildman–Crippen MR) is 62.6 cm³/mol. The number of anilines is 1. The molecule has 1 aromatic carbocycles. The Morgan fingerprint density at radius 2 is 2.06 bits per heavy atom. The Morgan fingerprint density at radius 3 is 2.59 bits per heavy atom. The van der Waals surface area contributed by atoms with E-state index >= 15 is 0 Å². The van der Waals surface area contributed by atoms with Crippen LogP contribution in [0.4, 0.5) is 5.69 Å². The molecule has 88 valence electrons. The second-order valence-corrected chi connectivity index (χ2v) is 3.34. The third kappa shape index (κ3) is 2.26. The van der Waals surface area contributed by atoms with Crippen molar-refractivity contribution in [2.45, 2.75) is 0 Å². The van der Waals surface area contributed by atoms with Crippen molar-refractivity contribution in [1.82, 2.24) is 10.2 Å². The number of rotatable bonds is 3. The summed E-state index contributed by atoms with van der Waals surface area (Å²) in [6, 6.07) is 8.43. The van der Waals surface area contributed by atoms with Crippen molar-refractivity contribution in [3.8, 4) is 5.75 Å². The number of benzene rings is 1. The molecule has 6 nitrogen and oxygen atoms in total. The first-order chi connectivity index (χ1) is 8.22. The quantitative estimate of drug-likeness (QED) is 0.468. The molecule has 2 rings (SSSR count). The van der Waals surface area contributed by atoms with Gasteiger partial charge in [0.25, 0.3) is 5.91 Å². The Kier molecular flexibility index (Phi) is 3.06. The highest BCUT2D eigenvalue weighted by atomic mass is 16.5. The average molecular weight is 232 g/mol. The minimum Gasteiger partial charge on any atom is -0.497 e. The standard InChI is InChI=1S/C11H12N4O2/c1-17-9-4-2-8(3-5-9)15(12)11(16)10-6-7-13-14-10/h2-7H,12H2,1H3,(H,13,14). The molecule has 0 saturated heterocycles. The van der Waals surface area contributed by atoms with E-state index in [1.165, 1.54) is 6.20 Å². The summed E-state index contributed by atoms with van der Waals surface area (Å²) in [5, 5.41) is 7.31. The average Bonchev–Trinajstić information content (AvgIpc) is 2.91. The van der Waals surface area contributed by atoms with Crippen LogP contribution in [0, 0.1) is 0 Å². The summed E-state index contributed by atoms with van der Waals surface area (Å²) in [6.07, 6.45) is 1.50. The lowest BCUT2D eigenvalue weighted by Crippen LogP contribution is -2.37. The number of hydrogen-bond acceptors (Lipinski definition) is 4. The van der Waals surface area contributed by atoms with Gasteiger partial charge >= 0.3 is 0 Å². The third-order valence-corrected chi connectivity index (χ3v) is 2.30. The van der Waals surface area contributed by atoms with Crippen LogP contribution in [0.15, 0.2) is 36.5 Å². The second kappa shape index (κ2) is 4.67. The van der Waals surface area contributed by atoms with E-state index in [2.05, 4.69) is 10.2 Å². The molecule has 17 heavy (non-hydrogen) atoms. The number of ether oxygens (including phenoxy) is 1. The van der Waals surface area contributed by atoms with E-state index in [-0.39, 0.29) is 5.91 Å². The third-order valence-electron chi connectivity index (χ3n) is 2.30. The Bertz CT molecular complexity index is 493. The van der Waals surface area contributed by atoms with Crippen molar-refractivity contribution < 1.29 is 9.53 Å². The maximum atomic E-state index is 11.9. The molecular formula is C11H12N4O2. The van der Waals surface area contributed by atoms with Crippen LogP contribution in [-0.4, -0.2) is 23.2 Å². The first kappa shape index (κ1) is 11.2. The van der Waals surface area contributed by atoms with Gasteiger partial charge in [-0.15, -0.1) is 0 Å². The highest BCUT2D eigenvalue weighted by Crippen LogP contribution is 2.18. The van der Waals surface area contributed by atoms with E-state index in [9.17, 15) is 4.79 Å². The van der Waals surface area contributed by atoms with Gasteiger partial charge in [0.05, 0.1) is 12.8 Å². The predicted octanol–water partition coefficient (Wildman–Crippen LogP) is 0.939. The van der Waals surface area contributed by atoms with Crippen LogP contribution in [0.25, 0.3) is 0 Å². The minimum atomic E-state index is -0.354. The van der Waals surface area contributed by atoms with Crippen molar-refractivity contribution in [2.75, 3.05) is 12.1 Å². The molecule has 0 unspecified atom stereocenters. The summed E-state index contributed by atoms with van der Waals surface area (Å²) in [4.78, 5) is 11.9. The summed E-state index contributed by atoms with van der Waals surface area (Å²) in [6.45, 7) is 0. The SMILES string of the molecule is COc1ccc(N(N)C(=O)c2ccn[nH]2)cc1. The maximum absolute atomic E-state index is 11.9. The molecule has 0 aliphatic carbocycles. The van der Waals surface area contributed by atoms with E-state index < -0.39 is 0 Å². The number of carbonyl (C=O) groups excluding carboxylic acids is 1. The number of amides is 1. The van der Waals surface area contributed by atoms with Crippen LogP contribution >= 0.6 is 0 Å². The topological polar surface area (TPSA) is 84.2 Å². The second-order valence-electron chi connectivity index (χ2n) is 3.34. The number of nitrogens with zero attached hydrogens (tertiary/aromatic N) is 2. The molecule has 1 heterocycles. The Labute approximate surface area is 98.0 Å². The molecule has 2 aromatic rings. The lowest BCUT2D eigenvalue weighted by atomic mass is 10.3. The number of nitrogens with two attached hydrogens (primary N) is 1. The van der Waals surface area contributed by atoms with Gasteiger partial charge in [0.1, 0.15) is 11.4 Å². The molecule has 0 aliphatic heterocycles. The lowest BCUT2D eigenvalue weighted by Gasteiger charge is -2.15. The van der Waals surface area contributed by atoms with Crippen LogP contribution in [0.3, 0.4) is 0 Å². The zero-order valence-electron chi connectivity index (χ0n) is 9.25. The first-order valence-electron chi connectivity index (χ1n) is 4.95. The fourth-order valence-electron chi connectivity index (χ4n) is 1.36. The molecule has 3 N–H and O–H groups in total. The van der Waals surface area contributed by atoms with Crippen molar-refractivity contribution in [3.63, 3.8) is 0 Å². The number of H-pyrrole nitrogens is 1. The minimum absolute atomic E-state index is 0.336.